The first-order valence-electron chi connectivity index (χ1n) is 12.0. The van der Waals surface area contributed by atoms with Crippen LogP contribution < -0.4 is 0 Å². The fourth-order valence-corrected chi connectivity index (χ4v) is 7.34. The number of aromatic nitrogens is 2. The van der Waals surface area contributed by atoms with Gasteiger partial charge in [0.2, 0.25) is 15.9 Å². The molecule has 10 heteroatoms. The van der Waals surface area contributed by atoms with Gasteiger partial charge < -0.3 is 4.90 Å². The molecule has 1 aromatic carbocycles. The van der Waals surface area contributed by atoms with E-state index in [9.17, 15) is 22.0 Å². The molecule has 1 aliphatic heterocycles. The number of carbonyl (C=O) groups excluding carboxylic acids is 1. The van der Waals surface area contributed by atoms with Gasteiger partial charge in [0, 0.05) is 31.6 Å². The van der Waals surface area contributed by atoms with Crippen LogP contribution >= 0.6 is 0 Å². The van der Waals surface area contributed by atoms with Crippen LogP contribution in [0.4, 0.5) is 8.78 Å². The van der Waals surface area contributed by atoms with E-state index in [0.29, 0.717) is 13.1 Å². The third-order valence-electron chi connectivity index (χ3n) is 8.66. The first-order valence-corrected chi connectivity index (χ1v) is 13.8. The summed E-state index contributed by atoms with van der Waals surface area (Å²) in [5, 5.41) is 8.77. The predicted molar refractivity (Wildman–Crippen MR) is 127 cm³/mol. The smallest absolute Gasteiger partial charge is 0.228 e. The number of hydrogen-bond acceptors (Lipinski definition) is 5. The lowest BCUT2D eigenvalue weighted by Gasteiger charge is -2.44. The summed E-state index contributed by atoms with van der Waals surface area (Å²) in [7, 11) is -3.30. The zero-order valence-corrected chi connectivity index (χ0v) is 21.2. The standard InChI is InChI=1S/C25H30F2N4O3S/c1-5-30(23(32)15-12-31(13-15)35(4,33)34)14-25-10-9-17(24(25,2)3)16-11-20(28-29-22(16)25)21-18(26)7-6-8-19(21)27/h6-8,11,15,17H,5,9-10,12-14H2,1-4H3/t17-,25-/m0/s1. The van der Waals surface area contributed by atoms with Crippen LogP contribution in [-0.4, -0.2) is 66.2 Å². The Morgan fingerprint density at radius 2 is 1.86 bits per heavy atom. The van der Waals surface area contributed by atoms with Crippen molar-refractivity contribution in [1.82, 2.24) is 19.4 Å². The summed E-state index contributed by atoms with van der Waals surface area (Å²) in [5.41, 5.74) is 1.09. The molecule has 7 nitrogen and oxygen atoms in total. The fourth-order valence-electron chi connectivity index (χ4n) is 6.44. The molecule has 0 N–H and O–H groups in total. The average Bonchev–Trinajstić information content (AvgIpc) is 3.09. The molecule has 1 aromatic heterocycles. The summed E-state index contributed by atoms with van der Waals surface area (Å²) in [6.07, 6.45) is 2.88. The minimum atomic E-state index is -3.30. The van der Waals surface area contributed by atoms with Gasteiger partial charge in [-0.2, -0.15) is 10.2 Å². The summed E-state index contributed by atoms with van der Waals surface area (Å²) in [5.74, 6) is -1.61. The number of hydrogen-bond donors (Lipinski definition) is 0. The fraction of sp³-hybridized carbons (Fsp3) is 0.560. The van der Waals surface area contributed by atoms with E-state index in [1.807, 2.05) is 11.8 Å². The van der Waals surface area contributed by atoms with Gasteiger partial charge in [-0.1, -0.05) is 19.9 Å². The minimum absolute atomic E-state index is 0.0486. The van der Waals surface area contributed by atoms with Crippen LogP contribution in [-0.2, 0) is 20.2 Å². The molecule has 2 aromatic rings. The van der Waals surface area contributed by atoms with Crippen molar-refractivity contribution in [2.45, 2.75) is 44.9 Å². The second kappa shape index (κ2) is 8.03. The van der Waals surface area contributed by atoms with E-state index in [2.05, 4.69) is 24.0 Å². The second-order valence-electron chi connectivity index (χ2n) is 10.7. The third-order valence-corrected chi connectivity index (χ3v) is 9.89. The van der Waals surface area contributed by atoms with Crippen LogP contribution in [0, 0.1) is 23.0 Å². The molecule has 2 heterocycles. The van der Waals surface area contributed by atoms with E-state index in [1.165, 1.54) is 22.5 Å². The number of fused-ring (bicyclic) bond motifs is 5. The molecular weight excluding hydrogens is 474 g/mol. The Morgan fingerprint density at radius 1 is 1.20 bits per heavy atom. The highest BCUT2D eigenvalue weighted by Gasteiger charge is 2.64. The first kappa shape index (κ1) is 24.2. The molecule has 0 unspecified atom stereocenters. The topological polar surface area (TPSA) is 83.5 Å². The van der Waals surface area contributed by atoms with Crippen molar-refractivity contribution in [1.29, 1.82) is 0 Å². The zero-order valence-electron chi connectivity index (χ0n) is 20.4. The number of carbonyl (C=O) groups is 1. The van der Waals surface area contributed by atoms with E-state index < -0.39 is 27.1 Å². The maximum Gasteiger partial charge on any atom is 0.228 e. The van der Waals surface area contributed by atoms with Crippen molar-refractivity contribution in [2.75, 3.05) is 32.4 Å². The number of halogens is 2. The Bertz CT molecular complexity index is 1290. The molecule has 3 aliphatic rings. The first-order chi connectivity index (χ1) is 16.4. The lowest BCUT2D eigenvalue weighted by atomic mass is 9.68. The summed E-state index contributed by atoms with van der Waals surface area (Å²) in [6, 6.07) is 5.51. The molecule has 1 saturated heterocycles. The van der Waals surface area contributed by atoms with Crippen molar-refractivity contribution in [2.24, 2.45) is 11.3 Å². The largest absolute Gasteiger partial charge is 0.342 e. The number of nitrogens with zero attached hydrogens (tertiary/aromatic N) is 4. The van der Waals surface area contributed by atoms with Crippen molar-refractivity contribution in [3.05, 3.63) is 47.2 Å². The number of rotatable bonds is 6. The highest BCUT2D eigenvalue weighted by Crippen LogP contribution is 2.67. The van der Waals surface area contributed by atoms with Gasteiger partial charge in [0.15, 0.2) is 0 Å². The van der Waals surface area contributed by atoms with Crippen LogP contribution in [0.1, 0.15) is 50.8 Å². The van der Waals surface area contributed by atoms with Crippen LogP contribution in [0.25, 0.3) is 11.3 Å². The van der Waals surface area contributed by atoms with Gasteiger partial charge >= 0.3 is 0 Å². The molecule has 1 amide bonds. The normalized spacial score (nSPS) is 25.4. The molecule has 188 valence electrons. The van der Waals surface area contributed by atoms with E-state index in [-0.39, 0.29) is 47.5 Å². The van der Waals surface area contributed by atoms with Crippen LogP contribution in [0.2, 0.25) is 0 Å². The van der Waals surface area contributed by atoms with E-state index >= 15 is 0 Å². The molecule has 5 rings (SSSR count). The Balaban J connectivity index is 1.47. The highest BCUT2D eigenvalue weighted by molar-refractivity contribution is 7.88. The zero-order chi connectivity index (χ0) is 25.3. The van der Waals surface area contributed by atoms with Crippen molar-refractivity contribution < 1.29 is 22.0 Å². The van der Waals surface area contributed by atoms with Crippen molar-refractivity contribution in [3.8, 4) is 11.3 Å². The van der Waals surface area contributed by atoms with Crippen LogP contribution in [0.15, 0.2) is 24.3 Å². The number of amides is 1. The Hall–Kier alpha value is -2.46. The van der Waals surface area contributed by atoms with E-state index in [0.717, 1.165) is 30.4 Å². The molecule has 0 spiro atoms. The van der Waals surface area contributed by atoms with Gasteiger partial charge in [0.1, 0.15) is 11.6 Å². The average molecular weight is 505 g/mol. The van der Waals surface area contributed by atoms with Gasteiger partial charge in [0.25, 0.3) is 0 Å². The van der Waals surface area contributed by atoms with Gasteiger partial charge in [-0.05, 0) is 54.9 Å². The number of likely N-dealkylation sites (N-methyl/N-ethyl adjacent to an activating group) is 1. The van der Waals surface area contributed by atoms with Gasteiger partial charge in [0.05, 0.1) is 29.1 Å². The maximum atomic E-state index is 14.4. The number of sulfonamides is 1. The monoisotopic (exact) mass is 504 g/mol. The van der Waals surface area contributed by atoms with Crippen molar-refractivity contribution >= 4 is 15.9 Å². The minimum Gasteiger partial charge on any atom is -0.342 e. The summed E-state index contributed by atoms with van der Waals surface area (Å²) < 4.78 is 53.7. The Labute approximate surface area is 204 Å². The van der Waals surface area contributed by atoms with Crippen molar-refractivity contribution in [3.63, 3.8) is 0 Å². The quantitative estimate of drug-likeness (QED) is 0.603. The molecule has 2 fully saturated rings. The summed E-state index contributed by atoms with van der Waals surface area (Å²) in [4.78, 5) is 15.1. The molecule has 2 aliphatic carbocycles. The summed E-state index contributed by atoms with van der Waals surface area (Å²) in [6.45, 7) is 7.63. The Morgan fingerprint density at radius 3 is 2.46 bits per heavy atom. The molecule has 1 saturated carbocycles. The van der Waals surface area contributed by atoms with Gasteiger partial charge in [-0.3, -0.25) is 4.79 Å². The number of benzene rings is 1. The third kappa shape index (κ3) is 3.51. The SMILES string of the molecule is CCN(C[C@@]12CC[C@@H](c3cc(-c4c(F)cccc4F)nnc31)C2(C)C)C(=O)C1CN(S(C)(=O)=O)C1. The van der Waals surface area contributed by atoms with Crippen LogP contribution in [0.3, 0.4) is 0 Å². The molecule has 35 heavy (non-hydrogen) atoms. The second-order valence-corrected chi connectivity index (χ2v) is 12.6. The highest BCUT2D eigenvalue weighted by atomic mass is 32.2. The molecular formula is C25H30F2N4O3S. The molecule has 0 radical (unpaired) electrons. The van der Waals surface area contributed by atoms with Crippen LogP contribution in [0.5, 0.6) is 0 Å². The predicted octanol–water partition coefficient (Wildman–Crippen LogP) is 3.32. The summed E-state index contributed by atoms with van der Waals surface area (Å²) >= 11 is 0. The van der Waals surface area contributed by atoms with Gasteiger partial charge in [-0.15, -0.1) is 0 Å². The maximum absolute atomic E-state index is 14.4. The Kier molecular flexibility index (Phi) is 5.56. The molecule has 2 atom stereocenters. The van der Waals surface area contributed by atoms with Gasteiger partial charge in [-0.25, -0.2) is 21.5 Å². The lowest BCUT2D eigenvalue weighted by molar-refractivity contribution is -0.140. The molecule has 2 bridgehead atoms. The van der Waals surface area contributed by atoms with E-state index in [1.54, 1.807) is 6.07 Å². The lowest BCUT2D eigenvalue weighted by Crippen LogP contribution is -2.58. The van der Waals surface area contributed by atoms with E-state index in [4.69, 9.17) is 0 Å².